The number of likely N-dealkylation sites (tertiary alicyclic amines) is 1. The van der Waals surface area contributed by atoms with Crippen molar-refractivity contribution in [2.24, 2.45) is 0 Å². The molecule has 0 amide bonds. The fraction of sp³-hybridized carbons (Fsp3) is 0.500. The summed E-state index contributed by atoms with van der Waals surface area (Å²) < 4.78 is 0.516. The van der Waals surface area contributed by atoms with Crippen molar-refractivity contribution in [3.63, 3.8) is 0 Å². The fourth-order valence-corrected chi connectivity index (χ4v) is 2.97. The molecule has 1 aromatic carbocycles. The molecule has 2 atom stereocenters. The molecule has 1 saturated heterocycles. The Labute approximate surface area is 105 Å². The number of rotatable bonds is 3. The molecule has 1 aromatic rings. The minimum Gasteiger partial charge on any atom is -0.316 e. The zero-order valence-electron chi connectivity index (χ0n) is 8.99. The van der Waals surface area contributed by atoms with Crippen LogP contribution in [-0.2, 0) is 0 Å². The summed E-state index contributed by atoms with van der Waals surface area (Å²) in [4.78, 5) is 2.54. The Morgan fingerprint density at radius 2 is 2.13 bits per heavy atom. The molecule has 82 valence electrons. The summed E-state index contributed by atoms with van der Waals surface area (Å²) in [5.41, 5.74) is 1.41. The van der Waals surface area contributed by atoms with Gasteiger partial charge in [0.05, 0.1) is 4.05 Å². The topological polar surface area (TPSA) is 15.3 Å². The van der Waals surface area contributed by atoms with Crippen LogP contribution in [0.15, 0.2) is 30.3 Å². The summed E-state index contributed by atoms with van der Waals surface area (Å²) in [6, 6.07) is 11.4. The van der Waals surface area contributed by atoms with Gasteiger partial charge >= 0.3 is 0 Å². The lowest BCUT2D eigenvalue weighted by Crippen LogP contribution is -2.30. The zero-order chi connectivity index (χ0) is 10.7. The molecule has 0 bridgehead atoms. The highest BCUT2D eigenvalue weighted by molar-refractivity contribution is 14.1. The maximum atomic E-state index is 3.36. The summed E-state index contributed by atoms with van der Waals surface area (Å²) >= 11 is 2.53. The smallest absolute Gasteiger partial charge is 0.0874 e. The van der Waals surface area contributed by atoms with E-state index in [1.54, 1.807) is 0 Å². The van der Waals surface area contributed by atoms with E-state index < -0.39 is 0 Å². The molecule has 0 saturated carbocycles. The van der Waals surface area contributed by atoms with E-state index in [0.29, 0.717) is 10.1 Å². The fourth-order valence-electron chi connectivity index (χ4n) is 2.05. The van der Waals surface area contributed by atoms with Crippen molar-refractivity contribution in [2.75, 3.05) is 20.1 Å². The van der Waals surface area contributed by atoms with Crippen LogP contribution in [0.2, 0.25) is 0 Å². The maximum absolute atomic E-state index is 3.36. The van der Waals surface area contributed by atoms with Gasteiger partial charge in [-0.2, -0.15) is 0 Å². The van der Waals surface area contributed by atoms with Crippen LogP contribution >= 0.6 is 22.6 Å². The molecule has 0 aliphatic carbocycles. The summed E-state index contributed by atoms with van der Waals surface area (Å²) in [5.74, 6) is 0. The molecule has 1 heterocycles. The van der Waals surface area contributed by atoms with Crippen molar-refractivity contribution in [1.29, 1.82) is 0 Å². The minimum absolute atomic E-state index is 0.516. The van der Waals surface area contributed by atoms with Gasteiger partial charge in [-0.1, -0.05) is 52.9 Å². The first-order valence-electron chi connectivity index (χ1n) is 5.41. The molecule has 1 aliphatic heterocycles. The standard InChI is InChI=1S/C12H17IN2/c1-14-11-7-8-15(9-11)12(13)10-5-3-2-4-6-10/h2-6,11-12,14H,7-9H2,1H3. The first kappa shape index (κ1) is 11.4. The van der Waals surface area contributed by atoms with Crippen molar-refractivity contribution in [2.45, 2.75) is 16.5 Å². The second kappa shape index (κ2) is 5.27. The molecule has 1 aliphatic rings. The Kier molecular flexibility index (Phi) is 3.99. The highest BCUT2D eigenvalue weighted by atomic mass is 127. The number of benzene rings is 1. The van der Waals surface area contributed by atoms with Gasteiger partial charge in [-0.25, -0.2) is 0 Å². The Bertz CT molecular complexity index is 302. The molecule has 2 nitrogen and oxygen atoms in total. The van der Waals surface area contributed by atoms with Crippen LogP contribution in [0.4, 0.5) is 0 Å². The van der Waals surface area contributed by atoms with Gasteiger partial charge in [0.2, 0.25) is 0 Å². The van der Waals surface area contributed by atoms with E-state index in [1.165, 1.54) is 25.1 Å². The van der Waals surface area contributed by atoms with Crippen molar-refractivity contribution in [3.8, 4) is 0 Å². The third-order valence-corrected chi connectivity index (χ3v) is 4.53. The van der Waals surface area contributed by atoms with E-state index in [9.17, 15) is 0 Å². The first-order chi connectivity index (χ1) is 7.31. The number of nitrogens with one attached hydrogen (secondary N) is 1. The Balaban J connectivity index is 2.00. The number of hydrogen-bond acceptors (Lipinski definition) is 2. The van der Waals surface area contributed by atoms with Gasteiger partial charge in [-0.3, -0.25) is 4.90 Å². The minimum atomic E-state index is 0.516. The lowest BCUT2D eigenvalue weighted by molar-refractivity contribution is 0.326. The molecule has 0 aromatic heterocycles. The van der Waals surface area contributed by atoms with Crippen LogP contribution in [0, 0.1) is 0 Å². The molecule has 15 heavy (non-hydrogen) atoms. The van der Waals surface area contributed by atoms with Crippen LogP contribution in [-0.4, -0.2) is 31.1 Å². The molecule has 1 fully saturated rings. The van der Waals surface area contributed by atoms with Gasteiger partial charge in [0.15, 0.2) is 0 Å². The van der Waals surface area contributed by atoms with Crippen molar-refractivity contribution >= 4 is 22.6 Å². The van der Waals surface area contributed by atoms with Crippen molar-refractivity contribution in [3.05, 3.63) is 35.9 Å². The molecule has 1 N–H and O–H groups in total. The van der Waals surface area contributed by atoms with Gasteiger partial charge in [-0.15, -0.1) is 0 Å². The number of alkyl halides is 1. The van der Waals surface area contributed by atoms with Gasteiger partial charge in [0.1, 0.15) is 0 Å². The third-order valence-electron chi connectivity index (χ3n) is 3.02. The second-order valence-electron chi connectivity index (χ2n) is 4.02. The second-order valence-corrected chi connectivity index (χ2v) is 5.20. The lowest BCUT2D eigenvalue weighted by Gasteiger charge is -2.23. The Morgan fingerprint density at radius 3 is 2.73 bits per heavy atom. The largest absolute Gasteiger partial charge is 0.316 e. The van der Waals surface area contributed by atoms with Crippen molar-refractivity contribution < 1.29 is 0 Å². The van der Waals surface area contributed by atoms with E-state index in [1.807, 2.05) is 0 Å². The highest BCUT2D eigenvalue weighted by Crippen LogP contribution is 2.30. The predicted molar refractivity (Wildman–Crippen MR) is 72.2 cm³/mol. The number of halogens is 1. The first-order valence-corrected chi connectivity index (χ1v) is 6.66. The Morgan fingerprint density at radius 1 is 1.40 bits per heavy atom. The van der Waals surface area contributed by atoms with Crippen molar-refractivity contribution in [1.82, 2.24) is 10.2 Å². The average Bonchev–Trinajstić information content (AvgIpc) is 2.78. The molecule has 2 unspecified atom stereocenters. The molecule has 0 radical (unpaired) electrons. The SMILES string of the molecule is CNC1CCN(C(I)c2ccccc2)C1. The maximum Gasteiger partial charge on any atom is 0.0874 e. The van der Waals surface area contributed by atoms with Gasteiger partial charge in [0.25, 0.3) is 0 Å². The highest BCUT2D eigenvalue weighted by Gasteiger charge is 2.26. The van der Waals surface area contributed by atoms with Gasteiger partial charge < -0.3 is 5.32 Å². The van der Waals surface area contributed by atoms with Gasteiger partial charge in [-0.05, 0) is 19.0 Å². The van der Waals surface area contributed by atoms with Gasteiger partial charge in [0, 0.05) is 19.1 Å². The predicted octanol–water partition coefficient (Wildman–Crippen LogP) is 2.41. The number of likely N-dealkylation sites (N-methyl/N-ethyl adjacent to an activating group) is 1. The summed E-state index contributed by atoms with van der Waals surface area (Å²) in [5, 5.41) is 3.36. The number of nitrogens with zero attached hydrogens (tertiary/aromatic N) is 1. The lowest BCUT2D eigenvalue weighted by atomic mass is 10.2. The number of hydrogen-bond donors (Lipinski definition) is 1. The van der Waals surface area contributed by atoms with E-state index in [0.717, 1.165) is 0 Å². The zero-order valence-corrected chi connectivity index (χ0v) is 11.1. The molecule has 3 heteroatoms. The van der Waals surface area contributed by atoms with Crippen LogP contribution < -0.4 is 5.32 Å². The summed E-state index contributed by atoms with van der Waals surface area (Å²) in [7, 11) is 2.05. The van der Waals surface area contributed by atoms with E-state index in [-0.39, 0.29) is 0 Å². The van der Waals surface area contributed by atoms with E-state index >= 15 is 0 Å². The third kappa shape index (κ3) is 2.71. The summed E-state index contributed by atoms with van der Waals surface area (Å²) in [6.45, 7) is 2.37. The molecule has 2 rings (SSSR count). The molecular weight excluding hydrogens is 299 g/mol. The van der Waals surface area contributed by atoms with Crippen LogP contribution in [0.3, 0.4) is 0 Å². The molecular formula is C12H17IN2. The average molecular weight is 316 g/mol. The van der Waals surface area contributed by atoms with E-state index in [4.69, 9.17) is 0 Å². The van der Waals surface area contributed by atoms with Crippen LogP contribution in [0.5, 0.6) is 0 Å². The molecule has 0 spiro atoms. The normalized spacial score (nSPS) is 24.3. The summed E-state index contributed by atoms with van der Waals surface area (Å²) in [6.07, 6.45) is 1.27. The monoisotopic (exact) mass is 316 g/mol. The van der Waals surface area contributed by atoms with Crippen LogP contribution in [0.25, 0.3) is 0 Å². The quantitative estimate of drug-likeness (QED) is 0.523. The van der Waals surface area contributed by atoms with Crippen LogP contribution in [0.1, 0.15) is 16.0 Å². The Hall–Kier alpha value is -0.130. The van der Waals surface area contributed by atoms with E-state index in [2.05, 4.69) is 70.2 Å².